The Bertz CT molecular complexity index is 555. The van der Waals surface area contributed by atoms with Crippen LogP contribution in [0.1, 0.15) is 36.2 Å². The number of carbonyl (C=O) groups is 2. The Kier molecular flexibility index (Phi) is 7.52. The first-order chi connectivity index (χ1) is 10.5. The Morgan fingerprint density at radius 1 is 1.26 bits per heavy atom. The van der Waals surface area contributed by atoms with Crippen LogP contribution in [0.25, 0.3) is 0 Å². The average Bonchev–Trinajstić information content (AvgIpc) is 2.48. The fraction of sp³-hybridized carbons (Fsp3) is 0.529. The van der Waals surface area contributed by atoms with Crippen molar-refractivity contribution in [1.82, 2.24) is 10.2 Å². The molecule has 2 N–H and O–H groups in total. The van der Waals surface area contributed by atoms with Crippen molar-refractivity contribution in [1.29, 1.82) is 0 Å². The van der Waals surface area contributed by atoms with Gasteiger partial charge in [0.1, 0.15) is 0 Å². The minimum atomic E-state index is 0. The molecule has 0 aliphatic carbocycles. The molecule has 0 radical (unpaired) electrons. The van der Waals surface area contributed by atoms with Gasteiger partial charge >= 0.3 is 0 Å². The predicted molar refractivity (Wildman–Crippen MR) is 95.3 cm³/mol. The lowest BCUT2D eigenvalue weighted by molar-refractivity contribution is -0.116. The lowest BCUT2D eigenvalue weighted by Crippen LogP contribution is -2.46. The zero-order valence-electron chi connectivity index (χ0n) is 14.0. The minimum absolute atomic E-state index is 0. The topological polar surface area (TPSA) is 61.4 Å². The molecular weight excluding hydrogens is 314 g/mol. The van der Waals surface area contributed by atoms with Crippen LogP contribution >= 0.6 is 12.4 Å². The van der Waals surface area contributed by atoms with Gasteiger partial charge in [0.05, 0.1) is 0 Å². The number of piperazine rings is 1. The highest BCUT2D eigenvalue weighted by Gasteiger charge is 2.18. The maximum absolute atomic E-state index is 12.4. The first kappa shape index (κ1) is 19.5. The molecule has 6 heteroatoms. The molecule has 2 amide bonds. The highest BCUT2D eigenvalue weighted by Crippen LogP contribution is 2.18. The lowest BCUT2D eigenvalue weighted by atomic mass is 10.1. The van der Waals surface area contributed by atoms with Crippen molar-refractivity contribution in [3.8, 4) is 0 Å². The van der Waals surface area contributed by atoms with E-state index in [1.807, 2.05) is 37.8 Å². The molecule has 1 aliphatic rings. The summed E-state index contributed by atoms with van der Waals surface area (Å²) in [6.07, 6.45) is 0.501. The molecule has 0 saturated carbocycles. The van der Waals surface area contributed by atoms with E-state index in [0.717, 1.165) is 37.4 Å². The van der Waals surface area contributed by atoms with Crippen LogP contribution in [0.2, 0.25) is 0 Å². The van der Waals surface area contributed by atoms with E-state index in [4.69, 9.17) is 0 Å². The Hall–Kier alpha value is -1.59. The third-order valence-electron chi connectivity index (χ3n) is 3.75. The van der Waals surface area contributed by atoms with Gasteiger partial charge in [0.25, 0.3) is 5.91 Å². The van der Waals surface area contributed by atoms with Gasteiger partial charge in [-0.1, -0.05) is 13.8 Å². The third-order valence-corrected chi connectivity index (χ3v) is 3.75. The SMILES string of the molecule is Cc1cc(C(=O)N2CCNCC2)ccc1NC(=O)CC(C)C.Cl. The van der Waals surface area contributed by atoms with E-state index in [1.165, 1.54) is 0 Å². The van der Waals surface area contributed by atoms with E-state index in [9.17, 15) is 9.59 Å². The Balaban J connectivity index is 0.00000264. The lowest BCUT2D eigenvalue weighted by Gasteiger charge is -2.27. The number of hydrogen-bond donors (Lipinski definition) is 2. The molecule has 0 aromatic heterocycles. The third kappa shape index (κ3) is 5.52. The normalized spacial score (nSPS) is 14.3. The number of nitrogens with one attached hydrogen (secondary N) is 2. The van der Waals surface area contributed by atoms with E-state index in [0.29, 0.717) is 17.9 Å². The van der Waals surface area contributed by atoms with Gasteiger partial charge < -0.3 is 15.5 Å². The number of nitrogens with zero attached hydrogens (tertiary/aromatic N) is 1. The van der Waals surface area contributed by atoms with Crippen molar-refractivity contribution in [2.24, 2.45) is 5.92 Å². The van der Waals surface area contributed by atoms with Crippen LogP contribution in [-0.2, 0) is 4.79 Å². The van der Waals surface area contributed by atoms with Crippen LogP contribution in [0.3, 0.4) is 0 Å². The van der Waals surface area contributed by atoms with Crippen molar-refractivity contribution in [3.05, 3.63) is 29.3 Å². The Labute approximate surface area is 144 Å². The van der Waals surface area contributed by atoms with Crippen LogP contribution in [0, 0.1) is 12.8 Å². The van der Waals surface area contributed by atoms with Gasteiger partial charge in [-0.3, -0.25) is 9.59 Å². The van der Waals surface area contributed by atoms with Gasteiger partial charge in [0, 0.05) is 43.9 Å². The van der Waals surface area contributed by atoms with Crippen molar-refractivity contribution in [2.45, 2.75) is 27.2 Å². The van der Waals surface area contributed by atoms with Gasteiger partial charge in [-0.2, -0.15) is 0 Å². The summed E-state index contributed by atoms with van der Waals surface area (Å²) >= 11 is 0. The van der Waals surface area contributed by atoms with Gasteiger partial charge in [0.15, 0.2) is 0 Å². The first-order valence-electron chi connectivity index (χ1n) is 7.88. The predicted octanol–water partition coefficient (Wildman–Crippen LogP) is 2.45. The number of anilines is 1. The van der Waals surface area contributed by atoms with Gasteiger partial charge in [-0.25, -0.2) is 0 Å². The zero-order chi connectivity index (χ0) is 16.1. The molecule has 0 unspecified atom stereocenters. The molecule has 128 valence electrons. The minimum Gasteiger partial charge on any atom is -0.336 e. The highest BCUT2D eigenvalue weighted by molar-refractivity contribution is 5.96. The quantitative estimate of drug-likeness (QED) is 0.885. The second kappa shape index (κ2) is 8.89. The summed E-state index contributed by atoms with van der Waals surface area (Å²) in [6, 6.07) is 5.47. The molecular formula is C17H26ClN3O2. The molecule has 2 rings (SSSR count). The number of halogens is 1. The number of aryl methyl sites for hydroxylation is 1. The van der Waals surface area contributed by atoms with Crippen LogP contribution in [-0.4, -0.2) is 42.9 Å². The Morgan fingerprint density at radius 2 is 1.91 bits per heavy atom. The summed E-state index contributed by atoms with van der Waals surface area (Å²) in [5.41, 5.74) is 2.38. The van der Waals surface area contributed by atoms with Crippen molar-refractivity contribution >= 4 is 29.9 Å². The van der Waals surface area contributed by atoms with Gasteiger partial charge in [0.2, 0.25) is 5.91 Å². The van der Waals surface area contributed by atoms with Crippen LogP contribution in [0.5, 0.6) is 0 Å². The summed E-state index contributed by atoms with van der Waals surface area (Å²) in [5.74, 6) is 0.401. The molecule has 1 aliphatic heterocycles. The molecule has 5 nitrogen and oxygen atoms in total. The number of hydrogen-bond acceptors (Lipinski definition) is 3. The molecule has 1 aromatic carbocycles. The molecule has 0 bridgehead atoms. The molecule has 0 spiro atoms. The molecule has 1 fully saturated rings. The fourth-order valence-corrected chi connectivity index (χ4v) is 2.56. The Morgan fingerprint density at radius 3 is 2.48 bits per heavy atom. The van der Waals surface area contributed by atoms with Crippen molar-refractivity contribution in [3.63, 3.8) is 0 Å². The van der Waals surface area contributed by atoms with Crippen molar-refractivity contribution < 1.29 is 9.59 Å². The van der Waals surface area contributed by atoms with Gasteiger partial charge in [-0.15, -0.1) is 12.4 Å². The van der Waals surface area contributed by atoms with Crippen LogP contribution in [0.4, 0.5) is 5.69 Å². The first-order valence-corrected chi connectivity index (χ1v) is 7.88. The maximum atomic E-state index is 12.4. The van der Waals surface area contributed by atoms with E-state index in [2.05, 4.69) is 10.6 Å². The number of benzene rings is 1. The van der Waals surface area contributed by atoms with Crippen LogP contribution in [0.15, 0.2) is 18.2 Å². The second-order valence-corrected chi connectivity index (χ2v) is 6.22. The summed E-state index contributed by atoms with van der Waals surface area (Å²) in [4.78, 5) is 26.2. The highest BCUT2D eigenvalue weighted by atomic mass is 35.5. The monoisotopic (exact) mass is 339 g/mol. The van der Waals surface area contributed by atoms with Crippen molar-refractivity contribution in [2.75, 3.05) is 31.5 Å². The second-order valence-electron chi connectivity index (χ2n) is 6.22. The summed E-state index contributed by atoms with van der Waals surface area (Å²) < 4.78 is 0. The summed E-state index contributed by atoms with van der Waals surface area (Å²) in [5, 5.41) is 6.15. The maximum Gasteiger partial charge on any atom is 0.253 e. The van der Waals surface area contributed by atoms with E-state index in [-0.39, 0.29) is 24.2 Å². The zero-order valence-corrected chi connectivity index (χ0v) is 14.8. The van der Waals surface area contributed by atoms with Gasteiger partial charge in [-0.05, 0) is 36.6 Å². The number of carbonyl (C=O) groups excluding carboxylic acids is 2. The largest absolute Gasteiger partial charge is 0.336 e. The standard InChI is InChI=1S/C17H25N3O2.ClH/c1-12(2)10-16(21)19-15-5-4-14(11-13(15)3)17(22)20-8-6-18-7-9-20;/h4-5,11-12,18H,6-10H2,1-3H3,(H,19,21);1H. The fourth-order valence-electron chi connectivity index (χ4n) is 2.56. The summed E-state index contributed by atoms with van der Waals surface area (Å²) in [6.45, 7) is 9.11. The molecule has 0 atom stereocenters. The summed E-state index contributed by atoms with van der Waals surface area (Å²) in [7, 11) is 0. The van der Waals surface area contributed by atoms with Crippen LogP contribution < -0.4 is 10.6 Å². The molecule has 23 heavy (non-hydrogen) atoms. The number of rotatable bonds is 4. The smallest absolute Gasteiger partial charge is 0.253 e. The van der Waals surface area contributed by atoms with E-state index in [1.54, 1.807) is 6.07 Å². The molecule has 1 saturated heterocycles. The molecule has 1 heterocycles. The van der Waals surface area contributed by atoms with E-state index < -0.39 is 0 Å². The number of amides is 2. The molecule has 1 aromatic rings. The van der Waals surface area contributed by atoms with E-state index >= 15 is 0 Å². The average molecular weight is 340 g/mol.